The van der Waals surface area contributed by atoms with E-state index in [0.29, 0.717) is 10.6 Å². The molecule has 2 aromatic carbocycles. The Morgan fingerprint density at radius 3 is 2.65 bits per heavy atom. The summed E-state index contributed by atoms with van der Waals surface area (Å²) in [6, 6.07) is 16.0. The van der Waals surface area contributed by atoms with Gasteiger partial charge in [-0.1, -0.05) is 29.5 Å². The monoisotopic (exact) mass is 514 g/mol. The summed E-state index contributed by atoms with van der Waals surface area (Å²) in [5.41, 5.74) is 0.519. The number of nitriles is 1. The van der Waals surface area contributed by atoms with Gasteiger partial charge in [-0.05, 0) is 59.8 Å². The molecule has 0 fully saturated rings. The molecule has 0 spiro atoms. The normalized spacial score (nSPS) is 12.0. The fourth-order valence-corrected chi connectivity index (χ4v) is 5.36. The van der Waals surface area contributed by atoms with Crippen LogP contribution in [0.5, 0.6) is 5.75 Å². The van der Waals surface area contributed by atoms with Gasteiger partial charge in [0.25, 0.3) is 0 Å². The van der Waals surface area contributed by atoms with Gasteiger partial charge in [0.2, 0.25) is 11.0 Å². The standard InChI is InChI=1S/C22H15FN4O4S3/c23-16-6-8-18(9-7-16)34(29,30)31-17-4-1-3-14(12-17)11-15(13-24)20(28)25-22-27-26-21(33-22)19-5-2-10-32-19/h1-10,12,15H,11H2,(H,25,27,28). The van der Waals surface area contributed by atoms with Crippen LogP contribution in [0.1, 0.15) is 5.56 Å². The lowest BCUT2D eigenvalue weighted by Gasteiger charge is -2.11. The number of nitrogens with one attached hydrogen (secondary N) is 1. The summed E-state index contributed by atoms with van der Waals surface area (Å²) in [7, 11) is -4.18. The first kappa shape index (κ1) is 23.5. The molecular weight excluding hydrogens is 499 g/mol. The number of hydrogen-bond acceptors (Lipinski definition) is 9. The number of rotatable bonds is 8. The average molecular weight is 515 g/mol. The van der Waals surface area contributed by atoms with Crippen molar-refractivity contribution in [2.24, 2.45) is 5.92 Å². The minimum atomic E-state index is -4.18. The Hall–Kier alpha value is -3.66. The smallest absolute Gasteiger partial charge is 0.339 e. The number of anilines is 1. The molecule has 4 rings (SSSR count). The lowest BCUT2D eigenvalue weighted by molar-refractivity contribution is -0.118. The number of carbonyl (C=O) groups excluding carboxylic acids is 1. The van der Waals surface area contributed by atoms with Crippen LogP contribution < -0.4 is 9.50 Å². The van der Waals surface area contributed by atoms with Crippen molar-refractivity contribution in [2.75, 3.05) is 5.32 Å². The lowest BCUT2D eigenvalue weighted by Crippen LogP contribution is -2.23. The minimum Gasteiger partial charge on any atom is -0.379 e. The summed E-state index contributed by atoms with van der Waals surface area (Å²) in [6.45, 7) is 0. The van der Waals surface area contributed by atoms with Crippen LogP contribution in [0, 0.1) is 23.1 Å². The highest BCUT2D eigenvalue weighted by molar-refractivity contribution is 7.87. The number of nitrogens with zero attached hydrogens (tertiary/aromatic N) is 3. The third-order valence-corrected chi connectivity index (χ3v) is 7.65. The Labute approximate surface area is 202 Å². The van der Waals surface area contributed by atoms with E-state index in [0.717, 1.165) is 29.1 Å². The van der Waals surface area contributed by atoms with Crippen molar-refractivity contribution in [3.63, 3.8) is 0 Å². The second-order valence-electron chi connectivity index (χ2n) is 6.90. The van der Waals surface area contributed by atoms with Gasteiger partial charge in [0.15, 0.2) is 5.01 Å². The lowest BCUT2D eigenvalue weighted by atomic mass is 10.00. The number of carbonyl (C=O) groups is 1. The van der Waals surface area contributed by atoms with Gasteiger partial charge in [-0.2, -0.15) is 13.7 Å². The fraction of sp³-hybridized carbons (Fsp3) is 0.0909. The van der Waals surface area contributed by atoms with E-state index in [1.54, 1.807) is 12.1 Å². The van der Waals surface area contributed by atoms with Gasteiger partial charge in [0, 0.05) is 0 Å². The molecule has 0 aliphatic heterocycles. The molecule has 8 nitrogen and oxygen atoms in total. The van der Waals surface area contributed by atoms with E-state index < -0.39 is 27.8 Å². The van der Waals surface area contributed by atoms with Crippen LogP contribution in [0.25, 0.3) is 9.88 Å². The third-order valence-electron chi connectivity index (χ3n) is 4.51. The summed E-state index contributed by atoms with van der Waals surface area (Å²) < 4.78 is 43.1. The number of benzene rings is 2. The van der Waals surface area contributed by atoms with E-state index in [4.69, 9.17) is 4.18 Å². The molecule has 172 valence electrons. The molecule has 0 bridgehead atoms. The quantitative estimate of drug-likeness (QED) is 0.344. The van der Waals surface area contributed by atoms with Crippen molar-refractivity contribution < 1.29 is 21.8 Å². The van der Waals surface area contributed by atoms with Gasteiger partial charge < -0.3 is 4.18 Å². The SMILES string of the molecule is N#CC(Cc1cccc(OS(=O)(=O)c2ccc(F)cc2)c1)C(=O)Nc1nnc(-c2cccs2)s1. The predicted molar refractivity (Wildman–Crippen MR) is 125 cm³/mol. The molecule has 12 heteroatoms. The van der Waals surface area contributed by atoms with E-state index in [9.17, 15) is 22.9 Å². The Kier molecular flexibility index (Phi) is 6.97. The molecule has 1 unspecified atom stereocenters. The summed E-state index contributed by atoms with van der Waals surface area (Å²) in [5.74, 6) is -2.18. The molecule has 2 heterocycles. The van der Waals surface area contributed by atoms with Gasteiger partial charge in [-0.3, -0.25) is 10.1 Å². The highest BCUT2D eigenvalue weighted by Crippen LogP contribution is 2.30. The van der Waals surface area contributed by atoms with Gasteiger partial charge in [-0.25, -0.2) is 4.39 Å². The van der Waals surface area contributed by atoms with Crippen LogP contribution in [0.2, 0.25) is 0 Å². The van der Waals surface area contributed by atoms with Gasteiger partial charge in [0.1, 0.15) is 22.4 Å². The average Bonchev–Trinajstić information content (AvgIpc) is 3.50. The zero-order chi connectivity index (χ0) is 24.1. The van der Waals surface area contributed by atoms with Crippen LogP contribution in [0.4, 0.5) is 9.52 Å². The van der Waals surface area contributed by atoms with Gasteiger partial charge in [-0.15, -0.1) is 21.5 Å². The molecule has 0 radical (unpaired) electrons. The zero-order valence-electron chi connectivity index (χ0n) is 17.2. The third kappa shape index (κ3) is 5.63. The maximum Gasteiger partial charge on any atom is 0.339 e. The van der Waals surface area contributed by atoms with Gasteiger partial charge in [0.05, 0.1) is 10.9 Å². The largest absolute Gasteiger partial charge is 0.379 e. The number of aromatic nitrogens is 2. The predicted octanol–water partition coefficient (Wildman–Crippen LogP) is 4.49. The van der Waals surface area contributed by atoms with Gasteiger partial charge >= 0.3 is 10.1 Å². The maximum atomic E-state index is 13.1. The maximum absolute atomic E-state index is 13.1. The summed E-state index contributed by atoms with van der Waals surface area (Å²) >= 11 is 2.69. The Morgan fingerprint density at radius 2 is 1.94 bits per heavy atom. The Bertz CT molecular complexity index is 1450. The zero-order valence-corrected chi connectivity index (χ0v) is 19.7. The molecule has 4 aromatic rings. The first-order valence-electron chi connectivity index (χ1n) is 9.71. The van der Waals surface area contributed by atoms with E-state index in [1.807, 2.05) is 23.6 Å². The van der Waals surface area contributed by atoms with Crippen molar-refractivity contribution in [1.29, 1.82) is 5.26 Å². The number of hydrogen-bond donors (Lipinski definition) is 1. The van der Waals surface area contributed by atoms with E-state index >= 15 is 0 Å². The molecule has 0 aliphatic rings. The summed E-state index contributed by atoms with van der Waals surface area (Å²) in [6.07, 6.45) is 0.0206. The highest BCUT2D eigenvalue weighted by Gasteiger charge is 2.22. The molecule has 0 saturated carbocycles. The second-order valence-corrected chi connectivity index (χ2v) is 10.4. The Morgan fingerprint density at radius 1 is 1.15 bits per heavy atom. The topological polar surface area (TPSA) is 122 Å². The molecule has 2 aromatic heterocycles. The minimum absolute atomic E-state index is 0.00337. The van der Waals surface area contributed by atoms with Crippen LogP contribution in [0.15, 0.2) is 70.9 Å². The van der Waals surface area contributed by atoms with Crippen molar-refractivity contribution in [2.45, 2.75) is 11.3 Å². The summed E-state index contributed by atoms with van der Waals surface area (Å²) in [5, 5.41) is 23.0. The van der Waals surface area contributed by atoms with E-state index in [2.05, 4.69) is 15.5 Å². The molecule has 34 heavy (non-hydrogen) atoms. The first-order chi connectivity index (χ1) is 16.3. The highest BCUT2D eigenvalue weighted by atomic mass is 32.2. The van der Waals surface area contributed by atoms with E-state index in [1.165, 1.54) is 34.8 Å². The second kappa shape index (κ2) is 10.1. The number of halogens is 1. The fourth-order valence-electron chi connectivity index (χ4n) is 2.90. The molecule has 1 N–H and O–H groups in total. The van der Waals surface area contributed by atoms with Crippen LogP contribution in [-0.4, -0.2) is 24.5 Å². The molecule has 1 amide bonds. The molecule has 0 aliphatic carbocycles. The van der Waals surface area contributed by atoms with E-state index in [-0.39, 0.29) is 22.2 Å². The summed E-state index contributed by atoms with van der Waals surface area (Å²) in [4.78, 5) is 13.3. The molecular formula is C22H15FN4O4S3. The van der Waals surface area contributed by atoms with Crippen LogP contribution >= 0.6 is 22.7 Å². The van der Waals surface area contributed by atoms with Crippen molar-refractivity contribution in [3.05, 3.63) is 77.4 Å². The molecule has 1 atom stereocenters. The number of thiophene rings is 1. The van der Waals surface area contributed by atoms with Crippen LogP contribution in [0.3, 0.4) is 0 Å². The first-order valence-corrected chi connectivity index (χ1v) is 12.8. The van der Waals surface area contributed by atoms with Crippen molar-refractivity contribution >= 4 is 43.8 Å². The van der Waals surface area contributed by atoms with Crippen LogP contribution in [-0.2, 0) is 21.3 Å². The van der Waals surface area contributed by atoms with Crippen molar-refractivity contribution in [3.8, 4) is 21.7 Å². The van der Waals surface area contributed by atoms with Crippen molar-refractivity contribution in [1.82, 2.24) is 10.2 Å². The Balaban J connectivity index is 1.43. The molecule has 0 saturated heterocycles. The number of amides is 1.